The third-order valence-electron chi connectivity index (χ3n) is 3.13. The Balaban J connectivity index is 2.10. The molecule has 0 saturated carbocycles. The smallest absolute Gasteiger partial charge is 0.200 e. The molecule has 118 valence electrons. The number of methoxy groups -OCH3 is 2. The van der Waals surface area contributed by atoms with E-state index in [2.05, 4.69) is 0 Å². The summed E-state index contributed by atoms with van der Waals surface area (Å²) >= 11 is 6.00. The number of benzene rings is 2. The second kappa shape index (κ2) is 7.52. The average molecular weight is 332 g/mol. The molecule has 2 aromatic carbocycles. The Hall–Kier alpha value is -2.71. The normalized spacial score (nSPS) is 9.83. The predicted octanol–water partition coefficient (Wildman–Crippen LogP) is 3.49. The molecule has 0 N–H and O–H groups in total. The number of hydrogen-bond donors (Lipinski definition) is 0. The van der Waals surface area contributed by atoms with E-state index in [1.165, 1.54) is 20.3 Å². The van der Waals surface area contributed by atoms with Crippen molar-refractivity contribution in [1.29, 1.82) is 5.26 Å². The van der Waals surface area contributed by atoms with Gasteiger partial charge in [-0.15, -0.1) is 0 Å². The van der Waals surface area contributed by atoms with E-state index < -0.39 is 0 Å². The van der Waals surface area contributed by atoms with E-state index in [0.29, 0.717) is 33.4 Å². The molecule has 2 aromatic rings. The van der Waals surface area contributed by atoms with Crippen LogP contribution in [0.2, 0.25) is 5.02 Å². The summed E-state index contributed by atoms with van der Waals surface area (Å²) in [5.74, 6) is 1.04. The second-order valence-electron chi connectivity index (χ2n) is 4.54. The van der Waals surface area contributed by atoms with Crippen LogP contribution < -0.4 is 14.2 Å². The van der Waals surface area contributed by atoms with Crippen LogP contribution in [0.3, 0.4) is 0 Å². The first kappa shape index (κ1) is 16.7. The number of Topliss-reactive ketones (excluding diaryl/α,β-unsaturated/α-hetero) is 1. The standard InChI is InChI=1S/C17H14ClNO4/c1-21-15-6-4-12(8-13(15)18)14(20)10-23-16-5-3-11(9-19)7-17(16)22-2/h3-8H,10H2,1-2H3. The van der Waals surface area contributed by atoms with Crippen LogP contribution in [0.4, 0.5) is 0 Å². The molecule has 0 unspecified atom stereocenters. The molecule has 0 aliphatic carbocycles. The molecule has 0 amide bonds. The van der Waals surface area contributed by atoms with Crippen LogP contribution in [0.5, 0.6) is 17.2 Å². The number of hydrogen-bond acceptors (Lipinski definition) is 5. The lowest BCUT2D eigenvalue weighted by atomic mass is 10.1. The molecule has 0 bridgehead atoms. The average Bonchev–Trinajstić information content (AvgIpc) is 2.59. The molecule has 23 heavy (non-hydrogen) atoms. The van der Waals surface area contributed by atoms with E-state index in [-0.39, 0.29) is 12.4 Å². The van der Waals surface area contributed by atoms with Crippen LogP contribution in [0.15, 0.2) is 36.4 Å². The quantitative estimate of drug-likeness (QED) is 0.758. The van der Waals surface area contributed by atoms with Gasteiger partial charge in [-0.1, -0.05) is 11.6 Å². The first-order valence-electron chi connectivity index (χ1n) is 6.66. The van der Waals surface area contributed by atoms with Crippen molar-refractivity contribution >= 4 is 17.4 Å². The summed E-state index contributed by atoms with van der Waals surface area (Å²) in [6.45, 7) is -0.176. The Morgan fingerprint density at radius 3 is 2.39 bits per heavy atom. The SMILES string of the molecule is COc1ccc(C(=O)COc2ccc(C#N)cc2OC)cc1Cl. The van der Waals surface area contributed by atoms with Crippen LogP contribution >= 0.6 is 11.6 Å². The predicted molar refractivity (Wildman–Crippen MR) is 85.5 cm³/mol. The molecule has 5 nitrogen and oxygen atoms in total. The molecule has 2 rings (SSSR count). The Bertz CT molecular complexity index is 768. The minimum atomic E-state index is -0.235. The van der Waals surface area contributed by atoms with E-state index in [1.807, 2.05) is 6.07 Å². The number of carbonyl (C=O) groups excluding carboxylic acids is 1. The van der Waals surface area contributed by atoms with E-state index in [9.17, 15) is 4.79 Å². The second-order valence-corrected chi connectivity index (χ2v) is 4.95. The largest absolute Gasteiger partial charge is 0.495 e. The van der Waals surface area contributed by atoms with Crippen LogP contribution in [0.25, 0.3) is 0 Å². The molecule has 0 saturated heterocycles. The van der Waals surface area contributed by atoms with Gasteiger partial charge < -0.3 is 14.2 Å². The first-order valence-corrected chi connectivity index (χ1v) is 7.04. The van der Waals surface area contributed by atoms with Gasteiger partial charge in [-0.2, -0.15) is 5.26 Å². The summed E-state index contributed by atoms with van der Waals surface area (Å²) < 4.78 is 15.7. The molecule has 0 aromatic heterocycles. The number of rotatable bonds is 6. The van der Waals surface area contributed by atoms with Crippen LogP contribution in [-0.2, 0) is 0 Å². The molecule has 0 heterocycles. The van der Waals surface area contributed by atoms with Crippen molar-refractivity contribution in [3.8, 4) is 23.3 Å². The van der Waals surface area contributed by atoms with Gasteiger partial charge >= 0.3 is 0 Å². The zero-order valence-electron chi connectivity index (χ0n) is 12.6. The third-order valence-corrected chi connectivity index (χ3v) is 3.42. The first-order chi connectivity index (χ1) is 11.1. The van der Waals surface area contributed by atoms with Gasteiger partial charge in [0.2, 0.25) is 0 Å². The van der Waals surface area contributed by atoms with E-state index in [0.717, 1.165) is 0 Å². The maximum atomic E-state index is 12.2. The van der Waals surface area contributed by atoms with E-state index in [1.54, 1.807) is 30.3 Å². The molecule has 0 radical (unpaired) electrons. The zero-order chi connectivity index (χ0) is 16.8. The summed E-state index contributed by atoms with van der Waals surface area (Å²) in [5.41, 5.74) is 0.867. The number of halogens is 1. The Morgan fingerprint density at radius 2 is 1.78 bits per heavy atom. The number of nitrogens with zero attached hydrogens (tertiary/aromatic N) is 1. The van der Waals surface area contributed by atoms with Gasteiger partial charge in [-0.25, -0.2) is 0 Å². The Labute approximate surface area is 139 Å². The molecule has 6 heteroatoms. The van der Waals surface area contributed by atoms with Gasteiger partial charge in [0.05, 0.1) is 30.9 Å². The van der Waals surface area contributed by atoms with E-state index >= 15 is 0 Å². The molecule has 0 aliphatic heterocycles. The highest BCUT2D eigenvalue weighted by atomic mass is 35.5. The minimum absolute atomic E-state index is 0.176. The van der Waals surface area contributed by atoms with Crippen molar-refractivity contribution < 1.29 is 19.0 Å². The van der Waals surface area contributed by atoms with Crippen molar-refractivity contribution in [3.05, 3.63) is 52.5 Å². The van der Waals surface area contributed by atoms with Gasteiger partial charge in [0, 0.05) is 11.6 Å². The maximum Gasteiger partial charge on any atom is 0.200 e. The van der Waals surface area contributed by atoms with Crippen LogP contribution in [0.1, 0.15) is 15.9 Å². The number of carbonyl (C=O) groups is 1. The van der Waals surface area contributed by atoms with Crippen LogP contribution in [-0.4, -0.2) is 26.6 Å². The minimum Gasteiger partial charge on any atom is -0.495 e. The summed E-state index contributed by atoms with van der Waals surface area (Å²) in [6, 6.07) is 11.5. The maximum absolute atomic E-state index is 12.2. The van der Waals surface area contributed by atoms with Crippen molar-refractivity contribution in [2.75, 3.05) is 20.8 Å². The van der Waals surface area contributed by atoms with Crippen molar-refractivity contribution in [1.82, 2.24) is 0 Å². The molecule has 0 atom stereocenters. The zero-order valence-corrected chi connectivity index (χ0v) is 13.4. The highest BCUT2D eigenvalue weighted by molar-refractivity contribution is 6.32. The van der Waals surface area contributed by atoms with E-state index in [4.69, 9.17) is 31.1 Å². The van der Waals surface area contributed by atoms with Crippen molar-refractivity contribution in [2.24, 2.45) is 0 Å². The third kappa shape index (κ3) is 3.93. The fourth-order valence-electron chi connectivity index (χ4n) is 1.92. The summed E-state index contributed by atoms with van der Waals surface area (Å²) in [6.07, 6.45) is 0. The summed E-state index contributed by atoms with van der Waals surface area (Å²) in [5, 5.41) is 9.22. The van der Waals surface area contributed by atoms with Crippen molar-refractivity contribution in [2.45, 2.75) is 0 Å². The lowest BCUT2D eigenvalue weighted by Crippen LogP contribution is -2.12. The van der Waals surface area contributed by atoms with Gasteiger partial charge in [0.25, 0.3) is 0 Å². The Kier molecular flexibility index (Phi) is 5.45. The lowest BCUT2D eigenvalue weighted by Gasteiger charge is -2.11. The molecular weight excluding hydrogens is 318 g/mol. The van der Waals surface area contributed by atoms with Gasteiger partial charge in [0.15, 0.2) is 23.9 Å². The molecule has 0 aliphatic rings. The number of nitriles is 1. The molecular formula is C17H14ClNO4. The monoisotopic (exact) mass is 331 g/mol. The van der Waals surface area contributed by atoms with Gasteiger partial charge in [-0.05, 0) is 30.3 Å². The summed E-state index contributed by atoms with van der Waals surface area (Å²) in [4.78, 5) is 12.2. The summed E-state index contributed by atoms with van der Waals surface area (Å²) in [7, 11) is 2.97. The highest BCUT2D eigenvalue weighted by Gasteiger charge is 2.12. The number of ether oxygens (including phenoxy) is 3. The van der Waals surface area contributed by atoms with Crippen molar-refractivity contribution in [3.63, 3.8) is 0 Å². The van der Waals surface area contributed by atoms with Crippen LogP contribution in [0, 0.1) is 11.3 Å². The highest BCUT2D eigenvalue weighted by Crippen LogP contribution is 2.28. The molecule has 0 fully saturated rings. The Morgan fingerprint density at radius 1 is 1.09 bits per heavy atom. The lowest BCUT2D eigenvalue weighted by molar-refractivity contribution is 0.0919. The fourth-order valence-corrected chi connectivity index (χ4v) is 2.18. The van der Waals surface area contributed by atoms with Gasteiger partial charge in [-0.3, -0.25) is 4.79 Å². The number of ketones is 1. The fraction of sp³-hybridized carbons (Fsp3) is 0.176. The van der Waals surface area contributed by atoms with Gasteiger partial charge in [0.1, 0.15) is 5.75 Å². The molecule has 0 spiro atoms. The topological polar surface area (TPSA) is 68.5 Å².